The lowest BCUT2D eigenvalue weighted by molar-refractivity contribution is -0.181. The van der Waals surface area contributed by atoms with Gasteiger partial charge in [0.25, 0.3) is 0 Å². The summed E-state index contributed by atoms with van der Waals surface area (Å²) in [7, 11) is 3.41. The highest BCUT2D eigenvalue weighted by Crippen LogP contribution is 2.51. The van der Waals surface area contributed by atoms with Gasteiger partial charge in [-0.3, -0.25) is 24.1 Å². The molecule has 1 aliphatic heterocycles. The van der Waals surface area contributed by atoms with E-state index in [9.17, 15) is 24.0 Å². The van der Waals surface area contributed by atoms with E-state index in [0.717, 1.165) is 14.2 Å². The molecule has 228 valence electrons. The van der Waals surface area contributed by atoms with Gasteiger partial charge in [-0.2, -0.15) is 0 Å². The molecule has 0 N–H and O–H groups in total. The molecule has 1 fully saturated rings. The van der Waals surface area contributed by atoms with Crippen molar-refractivity contribution >= 4 is 30.0 Å². The average molecular weight is 594 g/mol. The van der Waals surface area contributed by atoms with Crippen LogP contribution in [0.4, 0.5) is 4.79 Å². The van der Waals surface area contributed by atoms with Crippen molar-refractivity contribution in [2.75, 3.05) is 21.3 Å². The number of esters is 4. The van der Waals surface area contributed by atoms with Crippen molar-refractivity contribution in [3.8, 4) is 0 Å². The number of nitrogens with zero attached hydrogens (tertiary/aromatic N) is 1. The van der Waals surface area contributed by atoms with Gasteiger partial charge in [0.15, 0.2) is 11.5 Å². The maximum absolute atomic E-state index is 14.0. The second-order valence-corrected chi connectivity index (χ2v) is 10.3. The molecule has 2 aromatic carbocycles. The lowest BCUT2D eigenvalue weighted by Gasteiger charge is -2.45. The summed E-state index contributed by atoms with van der Waals surface area (Å²) >= 11 is 0. The van der Waals surface area contributed by atoms with E-state index >= 15 is 0 Å². The predicted molar refractivity (Wildman–Crippen MR) is 151 cm³/mol. The van der Waals surface area contributed by atoms with Crippen LogP contribution in [0.15, 0.2) is 72.8 Å². The molecule has 1 amide bonds. The largest absolute Gasteiger partial charge is 0.469 e. The Labute approximate surface area is 249 Å². The second-order valence-electron chi connectivity index (χ2n) is 10.3. The smallest absolute Gasteiger partial charge is 0.411 e. The fraction of sp³-hybridized carbons (Fsp3) is 0.406. The summed E-state index contributed by atoms with van der Waals surface area (Å²) in [6, 6.07) is 15.7. The van der Waals surface area contributed by atoms with Crippen molar-refractivity contribution in [3.63, 3.8) is 0 Å². The SMILES string of the molecule is COC(=O)C[C@H](N1C(=O)O[C@@H](c2ccccc2)[C@H]1c1ccccc1)C(C(=O)OC)(C(=O)OC)[C@H]1C=C[C@H](OC(C)=O)CC1. The number of rotatable bonds is 10. The van der Waals surface area contributed by atoms with Crippen LogP contribution in [-0.4, -0.2) is 68.3 Å². The average Bonchev–Trinajstić information content (AvgIpc) is 3.38. The summed E-state index contributed by atoms with van der Waals surface area (Å²) in [5.74, 6) is -4.19. The van der Waals surface area contributed by atoms with E-state index in [0.29, 0.717) is 11.1 Å². The van der Waals surface area contributed by atoms with Gasteiger partial charge in [-0.05, 0) is 30.0 Å². The summed E-state index contributed by atoms with van der Waals surface area (Å²) in [6.45, 7) is 1.28. The third kappa shape index (κ3) is 6.11. The Balaban J connectivity index is 1.96. The summed E-state index contributed by atoms with van der Waals surface area (Å²) in [6.07, 6.45) is 0.747. The molecule has 1 aliphatic carbocycles. The number of amides is 1. The summed E-state index contributed by atoms with van der Waals surface area (Å²) < 4.78 is 26.7. The lowest BCUT2D eigenvalue weighted by Crippen LogP contribution is -2.62. The number of ether oxygens (including phenoxy) is 5. The Morgan fingerprint density at radius 2 is 1.44 bits per heavy atom. The number of cyclic esters (lactones) is 1. The molecule has 2 aromatic rings. The van der Waals surface area contributed by atoms with Gasteiger partial charge in [-0.15, -0.1) is 0 Å². The fourth-order valence-corrected chi connectivity index (χ4v) is 6.14. The van der Waals surface area contributed by atoms with Crippen LogP contribution in [0, 0.1) is 11.3 Å². The maximum atomic E-state index is 14.0. The standard InChI is InChI=1S/C32H35NO10/c1-20(34)42-24-17-15-23(16-18-24)32(29(36)40-3,30(37)41-4)25(19-26(35)39-2)33-27(21-11-7-5-8-12-21)28(43-31(33)38)22-13-9-6-10-14-22/h5-15,17,23-25,27-28H,16,18-19H2,1-4H3/t23-,24-,25-,27+,28-/m0/s1. The van der Waals surface area contributed by atoms with Crippen LogP contribution in [-0.2, 0) is 42.9 Å². The number of carbonyl (C=O) groups excluding carboxylic acids is 5. The van der Waals surface area contributed by atoms with Crippen LogP contribution in [0.5, 0.6) is 0 Å². The molecule has 0 bridgehead atoms. The van der Waals surface area contributed by atoms with Crippen molar-refractivity contribution in [2.45, 2.75) is 50.5 Å². The van der Waals surface area contributed by atoms with Gasteiger partial charge in [0.1, 0.15) is 12.1 Å². The molecule has 0 saturated carbocycles. The summed E-state index contributed by atoms with van der Waals surface area (Å²) in [5, 5.41) is 0. The van der Waals surface area contributed by atoms with E-state index in [1.807, 2.05) is 12.1 Å². The Morgan fingerprint density at radius 1 is 0.860 bits per heavy atom. The van der Waals surface area contributed by atoms with Gasteiger partial charge in [0.2, 0.25) is 0 Å². The highest BCUT2D eigenvalue weighted by molar-refractivity contribution is 6.03. The maximum Gasteiger partial charge on any atom is 0.411 e. The van der Waals surface area contributed by atoms with Crippen LogP contribution < -0.4 is 0 Å². The van der Waals surface area contributed by atoms with Crippen molar-refractivity contribution in [2.24, 2.45) is 11.3 Å². The third-order valence-corrected chi connectivity index (χ3v) is 8.01. The predicted octanol–water partition coefficient (Wildman–Crippen LogP) is 4.08. The van der Waals surface area contributed by atoms with Gasteiger partial charge in [0.05, 0.1) is 33.8 Å². The van der Waals surface area contributed by atoms with Crippen LogP contribution >= 0.6 is 0 Å². The van der Waals surface area contributed by atoms with Gasteiger partial charge in [-0.25, -0.2) is 4.79 Å². The first-order valence-electron chi connectivity index (χ1n) is 13.9. The number of benzene rings is 2. The topological polar surface area (TPSA) is 135 Å². The molecule has 0 spiro atoms. The van der Waals surface area contributed by atoms with Crippen molar-refractivity contribution < 1.29 is 47.7 Å². The van der Waals surface area contributed by atoms with E-state index < -0.39 is 72.0 Å². The molecule has 0 radical (unpaired) electrons. The van der Waals surface area contributed by atoms with E-state index in [1.165, 1.54) is 18.9 Å². The molecular weight excluding hydrogens is 558 g/mol. The zero-order chi connectivity index (χ0) is 31.1. The fourth-order valence-electron chi connectivity index (χ4n) is 6.14. The van der Waals surface area contributed by atoms with E-state index in [2.05, 4.69) is 0 Å². The first-order valence-corrected chi connectivity index (χ1v) is 13.9. The lowest BCUT2D eigenvalue weighted by atomic mass is 9.64. The molecule has 5 atom stereocenters. The number of hydrogen-bond acceptors (Lipinski definition) is 10. The molecule has 0 unspecified atom stereocenters. The number of allylic oxidation sites excluding steroid dienone is 1. The zero-order valence-corrected chi connectivity index (χ0v) is 24.5. The van der Waals surface area contributed by atoms with Crippen LogP contribution in [0.1, 0.15) is 49.5 Å². The molecule has 1 heterocycles. The third-order valence-electron chi connectivity index (χ3n) is 8.01. The Morgan fingerprint density at radius 3 is 1.93 bits per heavy atom. The van der Waals surface area contributed by atoms with Crippen LogP contribution in [0.3, 0.4) is 0 Å². The van der Waals surface area contributed by atoms with Gasteiger partial charge >= 0.3 is 30.0 Å². The first-order chi connectivity index (χ1) is 20.7. The van der Waals surface area contributed by atoms with Crippen LogP contribution in [0.25, 0.3) is 0 Å². The highest BCUT2D eigenvalue weighted by Gasteiger charge is 2.65. The van der Waals surface area contributed by atoms with Crippen LogP contribution in [0.2, 0.25) is 0 Å². The molecule has 43 heavy (non-hydrogen) atoms. The molecule has 4 rings (SSSR count). The van der Waals surface area contributed by atoms with Gasteiger partial charge < -0.3 is 23.7 Å². The molecular formula is C32H35NO10. The summed E-state index contributed by atoms with van der Waals surface area (Å²) in [5.41, 5.74) is -0.908. The van der Waals surface area contributed by atoms with Gasteiger partial charge in [-0.1, -0.05) is 66.7 Å². The molecule has 11 nitrogen and oxygen atoms in total. The molecule has 11 heteroatoms. The highest BCUT2D eigenvalue weighted by atomic mass is 16.6. The van der Waals surface area contributed by atoms with Crippen molar-refractivity contribution in [1.29, 1.82) is 0 Å². The van der Waals surface area contributed by atoms with E-state index in [1.54, 1.807) is 60.7 Å². The Bertz CT molecular complexity index is 1340. The molecule has 1 saturated heterocycles. The minimum Gasteiger partial charge on any atom is -0.469 e. The Kier molecular flexibility index (Phi) is 9.84. The van der Waals surface area contributed by atoms with Gasteiger partial charge in [0, 0.05) is 12.8 Å². The first kappa shape index (κ1) is 31.3. The minimum absolute atomic E-state index is 0.164. The second kappa shape index (κ2) is 13.5. The van der Waals surface area contributed by atoms with E-state index in [-0.39, 0.29) is 12.8 Å². The quantitative estimate of drug-likeness (QED) is 0.172. The Hall–Kier alpha value is -4.67. The number of carbonyl (C=O) groups is 5. The normalized spacial score (nSPS) is 22.2. The number of hydrogen-bond donors (Lipinski definition) is 0. The van der Waals surface area contributed by atoms with Crippen molar-refractivity contribution in [1.82, 2.24) is 4.90 Å². The molecule has 2 aliphatic rings. The molecule has 0 aromatic heterocycles. The number of methoxy groups -OCH3 is 3. The zero-order valence-electron chi connectivity index (χ0n) is 24.5. The van der Waals surface area contributed by atoms with E-state index in [4.69, 9.17) is 23.7 Å². The monoisotopic (exact) mass is 593 g/mol. The minimum atomic E-state index is -2.23. The van der Waals surface area contributed by atoms with Crippen molar-refractivity contribution in [3.05, 3.63) is 83.9 Å². The summed E-state index contributed by atoms with van der Waals surface area (Å²) in [4.78, 5) is 67.8.